The van der Waals surface area contributed by atoms with Crippen LogP contribution >= 0.6 is 0 Å². The van der Waals surface area contributed by atoms with E-state index < -0.39 is 6.04 Å². The molecule has 116 valence electrons. The summed E-state index contributed by atoms with van der Waals surface area (Å²) in [6.07, 6.45) is 2.57. The smallest absolute Gasteiger partial charge is 0.241 e. The molecule has 6 nitrogen and oxygen atoms in total. The molecule has 2 amide bonds. The zero-order valence-corrected chi connectivity index (χ0v) is 12.7. The topological polar surface area (TPSA) is 93.5 Å². The molecule has 0 aromatic heterocycles. The first kappa shape index (κ1) is 17.0. The minimum atomic E-state index is -0.522. The van der Waals surface area contributed by atoms with Gasteiger partial charge in [-0.3, -0.25) is 9.59 Å². The van der Waals surface area contributed by atoms with Crippen LogP contribution in [-0.4, -0.2) is 25.0 Å². The molecule has 0 aliphatic rings. The van der Waals surface area contributed by atoms with Crippen LogP contribution in [0.2, 0.25) is 0 Å². The number of nitrogens with two attached hydrogens (primary N) is 1. The van der Waals surface area contributed by atoms with Crippen molar-refractivity contribution in [3.63, 3.8) is 0 Å². The Morgan fingerprint density at radius 1 is 1.33 bits per heavy atom. The van der Waals surface area contributed by atoms with Crippen molar-refractivity contribution < 1.29 is 14.3 Å². The maximum absolute atomic E-state index is 11.9. The van der Waals surface area contributed by atoms with Crippen molar-refractivity contribution in [2.45, 2.75) is 39.2 Å². The molecule has 0 aliphatic carbocycles. The minimum absolute atomic E-state index is 0.188. The Labute approximate surface area is 125 Å². The second-order valence-electron chi connectivity index (χ2n) is 4.83. The standard InChI is InChI=1S/C15H23N3O3/c1-4-5-6-12(16)15(20)18-11-7-8-13(17-10(2)19)14(9-11)21-3/h7-9,12H,4-6,16H2,1-3H3,(H,17,19)(H,18,20)/t12-/m0/s1. The molecule has 0 unspecified atom stereocenters. The predicted molar refractivity (Wildman–Crippen MR) is 83.4 cm³/mol. The zero-order chi connectivity index (χ0) is 15.8. The lowest BCUT2D eigenvalue weighted by atomic mass is 10.1. The van der Waals surface area contributed by atoms with Gasteiger partial charge < -0.3 is 21.1 Å². The molecule has 0 saturated carbocycles. The van der Waals surface area contributed by atoms with Gasteiger partial charge in [0.2, 0.25) is 11.8 Å². The monoisotopic (exact) mass is 293 g/mol. The van der Waals surface area contributed by atoms with E-state index in [0.29, 0.717) is 23.5 Å². The summed E-state index contributed by atoms with van der Waals surface area (Å²) in [4.78, 5) is 23.0. The van der Waals surface area contributed by atoms with Crippen LogP contribution in [0.3, 0.4) is 0 Å². The van der Waals surface area contributed by atoms with Crippen molar-refractivity contribution in [2.24, 2.45) is 5.73 Å². The van der Waals surface area contributed by atoms with Crippen molar-refractivity contribution in [1.29, 1.82) is 0 Å². The molecular formula is C15H23N3O3. The number of benzene rings is 1. The van der Waals surface area contributed by atoms with Crippen LogP contribution in [0.15, 0.2) is 18.2 Å². The second kappa shape index (κ2) is 8.26. The Morgan fingerprint density at radius 3 is 2.62 bits per heavy atom. The summed E-state index contributed by atoms with van der Waals surface area (Å²) >= 11 is 0. The molecule has 0 heterocycles. The summed E-state index contributed by atoms with van der Waals surface area (Å²) in [6.45, 7) is 3.47. The lowest BCUT2D eigenvalue weighted by molar-refractivity contribution is -0.117. The van der Waals surface area contributed by atoms with Crippen LogP contribution in [0.1, 0.15) is 33.1 Å². The van der Waals surface area contributed by atoms with E-state index in [9.17, 15) is 9.59 Å². The van der Waals surface area contributed by atoms with E-state index in [1.807, 2.05) is 0 Å². The van der Waals surface area contributed by atoms with E-state index in [1.165, 1.54) is 14.0 Å². The Morgan fingerprint density at radius 2 is 2.05 bits per heavy atom. The summed E-state index contributed by atoms with van der Waals surface area (Å²) in [7, 11) is 1.50. The Kier molecular flexibility index (Phi) is 6.68. The molecule has 4 N–H and O–H groups in total. The Bertz CT molecular complexity index is 503. The van der Waals surface area contributed by atoms with Crippen molar-refractivity contribution in [3.05, 3.63) is 18.2 Å². The van der Waals surface area contributed by atoms with Crippen LogP contribution in [0, 0.1) is 0 Å². The molecule has 6 heteroatoms. The first-order valence-corrected chi connectivity index (χ1v) is 7.00. The summed E-state index contributed by atoms with van der Waals surface area (Å²) in [6, 6.07) is 4.49. The third kappa shape index (κ3) is 5.43. The molecule has 0 bridgehead atoms. The SMILES string of the molecule is CCCC[C@H](N)C(=O)Nc1ccc(NC(C)=O)c(OC)c1. The molecule has 0 radical (unpaired) electrons. The predicted octanol–water partition coefficient (Wildman–Crippen LogP) is 2.11. The highest BCUT2D eigenvalue weighted by Gasteiger charge is 2.14. The van der Waals surface area contributed by atoms with Crippen molar-refractivity contribution >= 4 is 23.2 Å². The number of nitrogens with one attached hydrogen (secondary N) is 2. The Balaban J connectivity index is 2.76. The first-order valence-electron chi connectivity index (χ1n) is 7.00. The number of rotatable bonds is 7. The minimum Gasteiger partial charge on any atom is -0.494 e. The van der Waals surface area contributed by atoms with Gasteiger partial charge in [-0.1, -0.05) is 19.8 Å². The number of carbonyl (C=O) groups is 2. The number of methoxy groups -OCH3 is 1. The zero-order valence-electron chi connectivity index (χ0n) is 12.7. The second-order valence-corrected chi connectivity index (χ2v) is 4.83. The van der Waals surface area contributed by atoms with Gasteiger partial charge in [0.05, 0.1) is 18.8 Å². The normalized spacial score (nSPS) is 11.6. The van der Waals surface area contributed by atoms with Crippen molar-refractivity contribution in [3.8, 4) is 5.75 Å². The van der Waals surface area contributed by atoms with E-state index >= 15 is 0 Å². The van der Waals surface area contributed by atoms with Gasteiger partial charge in [-0.05, 0) is 18.6 Å². The summed E-state index contributed by atoms with van der Waals surface area (Å²) in [5.74, 6) is 0.0644. The van der Waals surface area contributed by atoms with Gasteiger partial charge in [0.25, 0.3) is 0 Å². The van der Waals surface area contributed by atoms with Crippen LogP contribution in [-0.2, 0) is 9.59 Å². The molecule has 21 heavy (non-hydrogen) atoms. The van der Waals surface area contributed by atoms with Crippen LogP contribution in [0.4, 0.5) is 11.4 Å². The highest BCUT2D eigenvalue weighted by molar-refractivity contribution is 5.96. The lowest BCUT2D eigenvalue weighted by Crippen LogP contribution is -2.35. The Hall–Kier alpha value is -2.08. The molecule has 1 aromatic rings. The first-order chi connectivity index (χ1) is 9.97. The maximum atomic E-state index is 11.9. The number of unbranched alkanes of at least 4 members (excludes halogenated alkanes) is 1. The maximum Gasteiger partial charge on any atom is 0.241 e. The van der Waals surface area contributed by atoms with Gasteiger partial charge >= 0.3 is 0 Å². The number of anilines is 2. The molecule has 1 aromatic carbocycles. The summed E-state index contributed by atoms with van der Waals surface area (Å²) < 4.78 is 5.20. The largest absolute Gasteiger partial charge is 0.494 e. The fourth-order valence-corrected chi connectivity index (χ4v) is 1.85. The molecule has 0 aliphatic heterocycles. The molecule has 0 spiro atoms. The number of carbonyl (C=O) groups excluding carboxylic acids is 2. The van der Waals surface area contributed by atoms with Gasteiger partial charge in [-0.25, -0.2) is 0 Å². The fraction of sp³-hybridized carbons (Fsp3) is 0.467. The van der Waals surface area contributed by atoms with Crippen LogP contribution in [0.25, 0.3) is 0 Å². The average molecular weight is 293 g/mol. The van der Waals surface area contributed by atoms with Gasteiger partial charge in [-0.15, -0.1) is 0 Å². The molecule has 1 rings (SSSR count). The fourth-order valence-electron chi connectivity index (χ4n) is 1.85. The van der Waals surface area contributed by atoms with E-state index in [4.69, 9.17) is 10.5 Å². The number of ether oxygens (including phenoxy) is 1. The van der Waals surface area contributed by atoms with Gasteiger partial charge in [0.15, 0.2) is 0 Å². The highest BCUT2D eigenvalue weighted by atomic mass is 16.5. The summed E-state index contributed by atoms with van der Waals surface area (Å²) in [5.41, 5.74) is 6.95. The van der Waals surface area contributed by atoms with E-state index in [0.717, 1.165) is 12.8 Å². The quantitative estimate of drug-likeness (QED) is 0.717. The average Bonchev–Trinajstić information content (AvgIpc) is 2.45. The van der Waals surface area contributed by atoms with Gasteiger partial charge in [0.1, 0.15) is 5.75 Å². The molecule has 0 fully saturated rings. The molecule has 1 atom stereocenters. The molecule has 0 saturated heterocycles. The van der Waals surface area contributed by atoms with E-state index in [2.05, 4.69) is 17.6 Å². The highest BCUT2D eigenvalue weighted by Crippen LogP contribution is 2.28. The number of hydrogen-bond donors (Lipinski definition) is 3. The number of hydrogen-bond acceptors (Lipinski definition) is 4. The number of amides is 2. The van der Waals surface area contributed by atoms with Gasteiger partial charge in [0, 0.05) is 18.7 Å². The lowest BCUT2D eigenvalue weighted by Gasteiger charge is -2.14. The van der Waals surface area contributed by atoms with E-state index in [1.54, 1.807) is 18.2 Å². The molecular weight excluding hydrogens is 270 g/mol. The van der Waals surface area contributed by atoms with E-state index in [-0.39, 0.29) is 11.8 Å². The van der Waals surface area contributed by atoms with Crippen LogP contribution < -0.4 is 21.1 Å². The van der Waals surface area contributed by atoms with Gasteiger partial charge in [-0.2, -0.15) is 0 Å². The van der Waals surface area contributed by atoms with Crippen molar-refractivity contribution in [2.75, 3.05) is 17.7 Å². The van der Waals surface area contributed by atoms with Crippen molar-refractivity contribution in [1.82, 2.24) is 0 Å². The third-order valence-electron chi connectivity index (χ3n) is 2.99. The summed E-state index contributed by atoms with van der Waals surface area (Å²) in [5, 5.41) is 5.40. The third-order valence-corrected chi connectivity index (χ3v) is 2.99. The van der Waals surface area contributed by atoms with Crippen LogP contribution in [0.5, 0.6) is 5.75 Å².